The Morgan fingerprint density at radius 2 is 1.79 bits per heavy atom. The maximum absolute atomic E-state index is 14.0. The minimum Gasteiger partial charge on any atom is -0.361 e. The van der Waals surface area contributed by atoms with Crippen molar-refractivity contribution in [3.05, 3.63) is 65.7 Å². The molecule has 0 aliphatic carbocycles. The van der Waals surface area contributed by atoms with Gasteiger partial charge < -0.3 is 14.5 Å². The summed E-state index contributed by atoms with van der Waals surface area (Å²) in [6, 6.07) is 11.6. The first-order valence-electron chi connectivity index (χ1n) is 9.21. The van der Waals surface area contributed by atoms with Gasteiger partial charge in [-0.25, -0.2) is 8.78 Å². The number of amides is 2. The second kappa shape index (κ2) is 7.31. The maximum Gasteiger partial charge on any atom is 0.256 e. The maximum atomic E-state index is 14.0. The van der Waals surface area contributed by atoms with Gasteiger partial charge >= 0.3 is 0 Å². The van der Waals surface area contributed by atoms with Gasteiger partial charge in [0.25, 0.3) is 11.8 Å². The summed E-state index contributed by atoms with van der Waals surface area (Å²) < 4.78 is 33.2. The first-order valence-corrected chi connectivity index (χ1v) is 9.21. The Balaban J connectivity index is 1.55. The van der Waals surface area contributed by atoms with Crippen LogP contribution in [0.25, 0.3) is 0 Å². The first kappa shape index (κ1) is 18.6. The summed E-state index contributed by atoms with van der Waals surface area (Å²) in [5.74, 6) is -1.53. The smallest absolute Gasteiger partial charge is 0.256 e. The van der Waals surface area contributed by atoms with E-state index < -0.39 is 11.4 Å². The van der Waals surface area contributed by atoms with Crippen LogP contribution in [0.4, 0.5) is 14.5 Å². The van der Waals surface area contributed by atoms with Crippen molar-refractivity contribution in [1.82, 2.24) is 4.90 Å². The topological polar surface area (TPSA) is 49.9 Å². The second-order valence-electron chi connectivity index (χ2n) is 7.24. The molecule has 5 nitrogen and oxygen atoms in total. The van der Waals surface area contributed by atoms with Crippen molar-refractivity contribution < 1.29 is 23.1 Å². The largest absolute Gasteiger partial charge is 0.361 e. The van der Waals surface area contributed by atoms with Gasteiger partial charge in [-0.2, -0.15) is 0 Å². The van der Waals surface area contributed by atoms with E-state index in [1.807, 2.05) is 0 Å². The quantitative estimate of drug-likeness (QED) is 0.797. The number of carbonyl (C=O) groups is 2. The fourth-order valence-electron chi connectivity index (χ4n) is 3.89. The van der Waals surface area contributed by atoms with Crippen molar-refractivity contribution in [3.8, 4) is 0 Å². The highest BCUT2D eigenvalue weighted by Gasteiger charge is 2.44. The lowest BCUT2D eigenvalue weighted by Gasteiger charge is -2.47. The Bertz CT molecular complexity index is 903. The summed E-state index contributed by atoms with van der Waals surface area (Å²) in [4.78, 5) is 28.3. The summed E-state index contributed by atoms with van der Waals surface area (Å²) in [5, 5.41) is 0. The Hall–Kier alpha value is -2.80. The van der Waals surface area contributed by atoms with E-state index in [0.717, 1.165) is 0 Å². The van der Waals surface area contributed by atoms with Crippen molar-refractivity contribution in [1.29, 1.82) is 0 Å². The van der Waals surface area contributed by atoms with Crippen LogP contribution in [0.2, 0.25) is 0 Å². The number of anilines is 1. The average Bonchev–Trinajstić information content (AvgIpc) is 2.71. The van der Waals surface area contributed by atoms with Gasteiger partial charge in [0.05, 0.1) is 18.7 Å². The minimum atomic E-state index is -0.721. The predicted molar refractivity (Wildman–Crippen MR) is 99.0 cm³/mol. The van der Waals surface area contributed by atoms with Crippen LogP contribution in [0.1, 0.15) is 23.2 Å². The molecule has 0 aromatic heterocycles. The number of morpholine rings is 1. The highest BCUT2D eigenvalue weighted by atomic mass is 19.1. The number of piperidine rings is 1. The monoisotopic (exact) mass is 386 g/mol. The molecular formula is C21H20F2N2O3. The van der Waals surface area contributed by atoms with E-state index in [0.29, 0.717) is 25.1 Å². The molecule has 2 aromatic rings. The van der Waals surface area contributed by atoms with Gasteiger partial charge in [-0.05, 0) is 49.2 Å². The van der Waals surface area contributed by atoms with Crippen molar-refractivity contribution >= 4 is 17.5 Å². The van der Waals surface area contributed by atoms with Crippen molar-refractivity contribution in [2.75, 3.05) is 31.1 Å². The summed E-state index contributed by atoms with van der Waals surface area (Å²) in [6.45, 7) is 0.922. The van der Waals surface area contributed by atoms with E-state index in [2.05, 4.69) is 0 Å². The van der Waals surface area contributed by atoms with Crippen molar-refractivity contribution in [3.63, 3.8) is 0 Å². The molecule has 2 aliphatic rings. The molecule has 146 valence electrons. The van der Waals surface area contributed by atoms with E-state index in [-0.39, 0.29) is 42.9 Å². The molecule has 0 bridgehead atoms. The van der Waals surface area contributed by atoms with Crippen LogP contribution >= 0.6 is 0 Å². The molecule has 1 unspecified atom stereocenters. The Kier molecular flexibility index (Phi) is 4.85. The lowest BCUT2D eigenvalue weighted by Crippen LogP contribution is -2.62. The van der Waals surface area contributed by atoms with Crippen molar-refractivity contribution in [2.45, 2.75) is 18.4 Å². The molecule has 4 rings (SSSR count). The number of hydrogen-bond acceptors (Lipinski definition) is 3. The van der Waals surface area contributed by atoms with Gasteiger partial charge in [0.1, 0.15) is 23.8 Å². The molecule has 0 radical (unpaired) electrons. The molecule has 28 heavy (non-hydrogen) atoms. The fraction of sp³-hybridized carbons (Fsp3) is 0.333. The zero-order chi connectivity index (χ0) is 19.7. The van der Waals surface area contributed by atoms with Crippen LogP contribution in [0.15, 0.2) is 48.5 Å². The van der Waals surface area contributed by atoms with Gasteiger partial charge in [0.15, 0.2) is 0 Å². The van der Waals surface area contributed by atoms with Crippen LogP contribution < -0.4 is 4.90 Å². The van der Waals surface area contributed by atoms with Crippen LogP contribution in [0, 0.1) is 11.6 Å². The summed E-state index contributed by atoms with van der Waals surface area (Å²) >= 11 is 0. The lowest BCUT2D eigenvalue weighted by atomic mass is 9.90. The van der Waals surface area contributed by atoms with Gasteiger partial charge in [0, 0.05) is 12.2 Å². The molecule has 2 aliphatic heterocycles. The molecular weight excluding hydrogens is 366 g/mol. The van der Waals surface area contributed by atoms with Crippen LogP contribution in [0.5, 0.6) is 0 Å². The van der Waals surface area contributed by atoms with Crippen LogP contribution in [-0.2, 0) is 9.53 Å². The molecule has 1 atom stereocenters. The van der Waals surface area contributed by atoms with Crippen LogP contribution in [-0.4, -0.2) is 48.6 Å². The van der Waals surface area contributed by atoms with E-state index in [1.165, 1.54) is 24.3 Å². The second-order valence-corrected chi connectivity index (χ2v) is 7.24. The number of benzene rings is 2. The highest BCUT2D eigenvalue weighted by Crippen LogP contribution is 2.32. The zero-order valence-corrected chi connectivity index (χ0v) is 15.2. The molecule has 2 amide bonds. The average molecular weight is 386 g/mol. The van der Waals surface area contributed by atoms with Crippen molar-refractivity contribution in [2.24, 2.45) is 0 Å². The number of likely N-dealkylation sites (tertiary alicyclic amines) is 1. The summed E-state index contributed by atoms with van der Waals surface area (Å²) in [6.07, 6.45) is 1.37. The lowest BCUT2D eigenvalue weighted by molar-refractivity contribution is -0.144. The third kappa shape index (κ3) is 3.49. The molecule has 0 N–H and O–H groups in total. The molecule has 7 heteroatoms. The zero-order valence-electron chi connectivity index (χ0n) is 15.2. The number of ether oxygens (including phenoxy) is 1. The van der Waals surface area contributed by atoms with Gasteiger partial charge in [-0.3, -0.25) is 9.59 Å². The first-order chi connectivity index (χ1) is 13.5. The Morgan fingerprint density at radius 1 is 1.04 bits per heavy atom. The van der Waals surface area contributed by atoms with Gasteiger partial charge in [0.2, 0.25) is 0 Å². The predicted octanol–water partition coefficient (Wildman–Crippen LogP) is 3.00. The molecule has 2 heterocycles. The normalized spacial score (nSPS) is 22.6. The minimum absolute atomic E-state index is 0.0295. The number of carbonyl (C=O) groups excluding carboxylic acids is 2. The van der Waals surface area contributed by atoms with Crippen LogP contribution in [0.3, 0.4) is 0 Å². The number of rotatable bonds is 2. The standard InChI is InChI=1S/C21H20F2N2O3/c22-15-6-8-16(9-7-15)25-14-21(28-12-19(25)26)10-3-11-24(13-21)20(27)17-4-1-2-5-18(17)23/h1-2,4-9H,3,10-14H2. The van der Waals surface area contributed by atoms with E-state index in [9.17, 15) is 18.4 Å². The van der Waals surface area contributed by atoms with Gasteiger partial charge in [-0.15, -0.1) is 0 Å². The fourth-order valence-corrected chi connectivity index (χ4v) is 3.89. The van der Waals surface area contributed by atoms with E-state index in [4.69, 9.17) is 4.74 Å². The SMILES string of the molecule is O=C(c1ccccc1F)N1CCCC2(C1)CN(c1ccc(F)cc1)C(=O)CO2. The summed E-state index contributed by atoms with van der Waals surface area (Å²) in [5.41, 5.74) is -0.102. The van der Waals surface area contributed by atoms with E-state index in [1.54, 1.807) is 34.1 Å². The summed E-state index contributed by atoms with van der Waals surface area (Å²) in [7, 11) is 0. The number of halogens is 2. The highest BCUT2D eigenvalue weighted by molar-refractivity contribution is 5.96. The molecule has 0 saturated carbocycles. The third-order valence-electron chi connectivity index (χ3n) is 5.32. The Labute approximate surface area is 161 Å². The van der Waals surface area contributed by atoms with Gasteiger partial charge in [-0.1, -0.05) is 12.1 Å². The molecule has 2 aromatic carbocycles. The molecule has 2 saturated heterocycles. The molecule has 2 fully saturated rings. The van der Waals surface area contributed by atoms with E-state index >= 15 is 0 Å². The number of nitrogens with zero attached hydrogens (tertiary/aromatic N) is 2. The Morgan fingerprint density at radius 3 is 2.54 bits per heavy atom. The molecule has 1 spiro atoms. The number of hydrogen-bond donors (Lipinski definition) is 0. The third-order valence-corrected chi connectivity index (χ3v) is 5.32.